The normalized spacial score (nSPS) is 10.2. The van der Waals surface area contributed by atoms with Crippen molar-refractivity contribution >= 4 is 5.69 Å². The number of aliphatic hydroxyl groups excluding tert-OH is 1. The summed E-state index contributed by atoms with van der Waals surface area (Å²) in [5.74, 6) is 0. The molecule has 1 aromatic heterocycles. The second-order valence-electron chi connectivity index (χ2n) is 2.42. The van der Waals surface area contributed by atoms with E-state index in [0.717, 1.165) is 0 Å². The van der Waals surface area contributed by atoms with Gasteiger partial charge in [0.1, 0.15) is 18.1 Å². The van der Waals surface area contributed by atoms with E-state index < -0.39 is 4.92 Å². The zero-order valence-electron chi connectivity index (χ0n) is 6.81. The predicted octanol–water partition coefficient (Wildman–Crippen LogP) is 0.358. The van der Waals surface area contributed by atoms with Gasteiger partial charge in [-0.15, -0.1) is 0 Å². The third kappa shape index (κ3) is 1.16. The average molecular weight is 171 g/mol. The highest BCUT2D eigenvalue weighted by atomic mass is 16.6. The lowest BCUT2D eigenvalue weighted by atomic mass is 10.3. The van der Waals surface area contributed by atoms with Gasteiger partial charge in [0.05, 0.1) is 4.92 Å². The van der Waals surface area contributed by atoms with Crippen LogP contribution in [0.3, 0.4) is 0 Å². The fourth-order valence-electron chi connectivity index (χ4n) is 1.09. The van der Waals surface area contributed by atoms with Crippen LogP contribution in [0.25, 0.3) is 0 Å². The topological polar surface area (TPSA) is 81.2 Å². The largest absolute Gasteiger partial charge is 0.374 e. The molecule has 0 saturated heterocycles. The molecule has 0 radical (unpaired) electrons. The highest BCUT2D eigenvalue weighted by Crippen LogP contribution is 2.20. The summed E-state index contributed by atoms with van der Waals surface area (Å²) in [6.45, 7) is 2.76. The van der Waals surface area contributed by atoms with Crippen molar-refractivity contribution in [3.8, 4) is 0 Å². The number of hydrogen-bond acceptors (Lipinski definition) is 4. The average Bonchev–Trinajstić information content (AvgIpc) is 2.25. The van der Waals surface area contributed by atoms with Crippen LogP contribution in [-0.2, 0) is 6.73 Å². The van der Waals surface area contributed by atoms with Crippen LogP contribution >= 0.6 is 0 Å². The first-order valence-corrected chi connectivity index (χ1v) is 3.37. The minimum absolute atomic E-state index is 0.0240. The summed E-state index contributed by atoms with van der Waals surface area (Å²) in [4.78, 5) is 9.95. The van der Waals surface area contributed by atoms with Crippen LogP contribution in [0.5, 0.6) is 0 Å². The quantitative estimate of drug-likeness (QED) is 0.514. The number of aliphatic hydroxyl groups is 1. The third-order valence-corrected chi connectivity index (χ3v) is 1.66. The van der Waals surface area contributed by atoms with Crippen LogP contribution in [0.15, 0.2) is 0 Å². The number of nitrogens with zero attached hydrogens (tertiary/aromatic N) is 3. The van der Waals surface area contributed by atoms with Gasteiger partial charge in [0.15, 0.2) is 0 Å². The molecule has 1 rings (SSSR count). The lowest BCUT2D eigenvalue weighted by molar-refractivity contribution is -0.386. The van der Waals surface area contributed by atoms with E-state index in [-0.39, 0.29) is 12.4 Å². The maximum absolute atomic E-state index is 10.4. The van der Waals surface area contributed by atoms with E-state index in [9.17, 15) is 10.1 Å². The Hall–Kier alpha value is -1.43. The molecule has 0 spiro atoms. The molecule has 0 aliphatic carbocycles. The fourth-order valence-corrected chi connectivity index (χ4v) is 1.09. The van der Waals surface area contributed by atoms with E-state index in [4.69, 9.17) is 5.11 Å². The molecule has 66 valence electrons. The summed E-state index contributed by atoms with van der Waals surface area (Å²) in [6.07, 6.45) is 0. The molecule has 1 heterocycles. The number of aryl methyl sites for hydroxylation is 1. The van der Waals surface area contributed by atoms with E-state index in [0.29, 0.717) is 11.4 Å². The van der Waals surface area contributed by atoms with Crippen LogP contribution in [0.4, 0.5) is 5.69 Å². The van der Waals surface area contributed by atoms with E-state index in [2.05, 4.69) is 5.10 Å². The van der Waals surface area contributed by atoms with Gasteiger partial charge in [-0.3, -0.25) is 10.1 Å². The number of aromatic nitrogens is 2. The molecule has 0 saturated carbocycles. The van der Waals surface area contributed by atoms with Crippen LogP contribution in [-0.4, -0.2) is 19.8 Å². The van der Waals surface area contributed by atoms with Gasteiger partial charge < -0.3 is 5.11 Å². The monoisotopic (exact) mass is 171 g/mol. The van der Waals surface area contributed by atoms with Crippen LogP contribution in [0.2, 0.25) is 0 Å². The lowest BCUT2D eigenvalue weighted by Crippen LogP contribution is -2.01. The van der Waals surface area contributed by atoms with Gasteiger partial charge in [-0.1, -0.05) is 0 Å². The fraction of sp³-hybridized carbons (Fsp3) is 0.500. The molecule has 1 aromatic rings. The highest BCUT2D eigenvalue weighted by molar-refractivity contribution is 5.39. The maximum Gasteiger partial charge on any atom is 0.312 e. The first-order valence-electron chi connectivity index (χ1n) is 3.37. The molecule has 0 atom stereocenters. The minimum atomic E-state index is -0.496. The van der Waals surface area contributed by atoms with Gasteiger partial charge in [0.2, 0.25) is 0 Å². The molecule has 0 aromatic carbocycles. The van der Waals surface area contributed by atoms with Crippen LogP contribution < -0.4 is 0 Å². The van der Waals surface area contributed by atoms with Gasteiger partial charge in [-0.2, -0.15) is 5.10 Å². The Balaban J connectivity index is 3.28. The van der Waals surface area contributed by atoms with E-state index >= 15 is 0 Å². The molecule has 0 unspecified atom stereocenters. The SMILES string of the molecule is Cc1nn(CO)c(C)c1[N+](=O)[O-]. The van der Waals surface area contributed by atoms with Gasteiger partial charge in [0, 0.05) is 0 Å². The lowest BCUT2D eigenvalue weighted by Gasteiger charge is -1.94. The van der Waals surface area contributed by atoms with Crippen molar-refractivity contribution in [2.45, 2.75) is 20.6 Å². The van der Waals surface area contributed by atoms with Crippen molar-refractivity contribution in [3.05, 3.63) is 21.5 Å². The van der Waals surface area contributed by atoms with E-state index in [1.807, 2.05) is 0 Å². The van der Waals surface area contributed by atoms with Crippen LogP contribution in [0, 0.1) is 24.0 Å². The molecule has 0 amide bonds. The Morgan fingerprint density at radius 3 is 2.50 bits per heavy atom. The maximum atomic E-state index is 10.4. The zero-order chi connectivity index (χ0) is 9.30. The molecule has 0 fully saturated rings. The molecular weight excluding hydrogens is 162 g/mol. The first-order chi connectivity index (χ1) is 5.57. The summed E-state index contributed by atoms with van der Waals surface area (Å²) in [7, 11) is 0. The molecule has 6 heteroatoms. The van der Waals surface area contributed by atoms with Crippen molar-refractivity contribution in [1.29, 1.82) is 0 Å². The highest BCUT2D eigenvalue weighted by Gasteiger charge is 2.20. The summed E-state index contributed by atoms with van der Waals surface area (Å²) in [5.41, 5.74) is 0.676. The Labute approximate surface area is 68.6 Å². The van der Waals surface area contributed by atoms with E-state index in [1.54, 1.807) is 6.92 Å². The second-order valence-corrected chi connectivity index (χ2v) is 2.42. The van der Waals surface area contributed by atoms with Gasteiger partial charge >= 0.3 is 5.69 Å². The van der Waals surface area contributed by atoms with Crippen LogP contribution in [0.1, 0.15) is 11.4 Å². The first kappa shape index (κ1) is 8.66. The van der Waals surface area contributed by atoms with Crippen molar-refractivity contribution in [1.82, 2.24) is 9.78 Å². The summed E-state index contributed by atoms with van der Waals surface area (Å²) < 4.78 is 1.19. The van der Waals surface area contributed by atoms with Gasteiger partial charge in [-0.05, 0) is 13.8 Å². The smallest absolute Gasteiger partial charge is 0.312 e. The third-order valence-electron chi connectivity index (χ3n) is 1.66. The molecule has 1 N–H and O–H groups in total. The predicted molar refractivity (Wildman–Crippen MR) is 40.6 cm³/mol. The zero-order valence-corrected chi connectivity index (χ0v) is 6.81. The molecule has 0 aliphatic heterocycles. The van der Waals surface area contributed by atoms with Gasteiger partial charge in [-0.25, -0.2) is 4.68 Å². The Bertz CT molecular complexity index is 318. The van der Waals surface area contributed by atoms with E-state index in [1.165, 1.54) is 11.6 Å². The Morgan fingerprint density at radius 2 is 2.25 bits per heavy atom. The molecule has 6 nitrogen and oxygen atoms in total. The van der Waals surface area contributed by atoms with Crippen molar-refractivity contribution in [2.24, 2.45) is 0 Å². The number of nitro groups is 1. The number of hydrogen-bond donors (Lipinski definition) is 1. The molecule has 12 heavy (non-hydrogen) atoms. The Morgan fingerprint density at radius 1 is 1.67 bits per heavy atom. The van der Waals surface area contributed by atoms with Crippen molar-refractivity contribution < 1.29 is 10.0 Å². The Kier molecular flexibility index (Phi) is 2.09. The van der Waals surface area contributed by atoms with Gasteiger partial charge in [0.25, 0.3) is 0 Å². The number of rotatable bonds is 2. The standard InChI is InChI=1S/C6H9N3O3/c1-4-6(9(11)12)5(2)8(3-10)7-4/h10H,3H2,1-2H3. The van der Waals surface area contributed by atoms with Crippen molar-refractivity contribution in [3.63, 3.8) is 0 Å². The molecule has 0 aliphatic rings. The summed E-state index contributed by atoms with van der Waals surface area (Å²) in [5, 5.41) is 22.9. The molecule has 0 bridgehead atoms. The summed E-state index contributed by atoms with van der Waals surface area (Å²) >= 11 is 0. The minimum Gasteiger partial charge on any atom is -0.374 e. The van der Waals surface area contributed by atoms with Crippen molar-refractivity contribution in [2.75, 3.05) is 0 Å². The summed E-state index contributed by atoms with van der Waals surface area (Å²) in [6, 6.07) is 0. The molecular formula is C6H9N3O3. The second kappa shape index (κ2) is 2.90.